The fourth-order valence-corrected chi connectivity index (χ4v) is 4.16. The first kappa shape index (κ1) is 14.6. The summed E-state index contributed by atoms with van der Waals surface area (Å²) in [6.07, 6.45) is 7.54. The standard InChI is InChI=1S/C18H26N2O/c19-13-16(14-7-2-1-3-8-14)18(21)20-12-6-10-15-9-4-5-11-17(15)20/h1-3,7-8,15-17H,4-6,9-13,19H2/t15-,16?,17-/m1/s1. The highest BCUT2D eigenvalue weighted by Gasteiger charge is 2.37. The summed E-state index contributed by atoms with van der Waals surface area (Å²) >= 11 is 0. The number of fused-ring (bicyclic) bond motifs is 1. The molecule has 3 rings (SSSR count). The minimum atomic E-state index is -0.174. The quantitative estimate of drug-likeness (QED) is 0.928. The number of benzene rings is 1. The molecule has 1 saturated carbocycles. The highest BCUT2D eigenvalue weighted by atomic mass is 16.2. The molecule has 1 aliphatic heterocycles. The minimum Gasteiger partial charge on any atom is -0.339 e. The van der Waals surface area contributed by atoms with E-state index in [1.165, 1.54) is 32.1 Å². The van der Waals surface area contributed by atoms with Crippen molar-refractivity contribution < 1.29 is 4.79 Å². The van der Waals surface area contributed by atoms with E-state index in [9.17, 15) is 4.79 Å². The van der Waals surface area contributed by atoms with Gasteiger partial charge in [-0.2, -0.15) is 0 Å². The molecule has 0 radical (unpaired) electrons. The summed E-state index contributed by atoms with van der Waals surface area (Å²) in [7, 11) is 0. The van der Waals surface area contributed by atoms with Gasteiger partial charge in [0.05, 0.1) is 5.92 Å². The lowest BCUT2D eigenvalue weighted by Crippen LogP contribution is -2.51. The van der Waals surface area contributed by atoms with Crippen LogP contribution in [0.1, 0.15) is 50.0 Å². The maximum Gasteiger partial charge on any atom is 0.231 e. The fourth-order valence-electron chi connectivity index (χ4n) is 4.16. The Morgan fingerprint density at radius 2 is 1.86 bits per heavy atom. The second-order valence-electron chi connectivity index (χ2n) is 6.48. The molecular formula is C18H26N2O. The van der Waals surface area contributed by atoms with E-state index in [2.05, 4.69) is 4.90 Å². The van der Waals surface area contributed by atoms with Crippen LogP contribution in [-0.2, 0) is 4.79 Å². The predicted octanol–water partition coefficient (Wildman–Crippen LogP) is 2.91. The molecule has 114 valence electrons. The van der Waals surface area contributed by atoms with Crippen LogP contribution in [0.3, 0.4) is 0 Å². The van der Waals surface area contributed by atoms with Gasteiger partial charge in [0.1, 0.15) is 0 Å². The lowest BCUT2D eigenvalue weighted by Gasteiger charge is -2.45. The Labute approximate surface area is 127 Å². The molecule has 1 saturated heterocycles. The van der Waals surface area contributed by atoms with Crippen LogP contribution in [0.4, 0.5) is 0 Å². The van der Waals surface area contributed by atoms with Gasteiger partial charge in [0.25, 0.3) is 0 Å². The third kappa shape index (κ3) is 2.98. The number of likely N-dealkylation sites (tertiary alicyclic amines) is 1. The molecule has 0 bridgehead atoms. The number of carbonyl (C=O) groups excluding carboxylic acids is 1. The number of nitrogens with two attached hydrogens (primary N) is 1. The molecule has 0 aromatic heterocycles. The van der Waals surface area contributed by atoms with Crippen molar-refractivity contribution in [3.63, 3.8) is 0 Å². The predicted molar refractivity (Wildman–Crippen MR) is 84.9 cm³/mol. The lowest BCUT2D eigenvalue weighted by molar-refractivity contribution is -0.139. The van der Waals surface area contributed by atoms with Crippen LogP contribution in [-0.4, -0.2) is 29.9 Å². The first-order valence-electron chi connectivity index (χ1n) is 8.36. The molecule has 1 aliphatic carbocycles. The second kappa shape index (κ2) is 6.61. The van der Waals surface area contributed by atoms with Crippen LogP contribution in [0.2, 0.25) is 0 Å². The van der Waals surface area contributed by atoms with Crippen LogP contribution < -0.4 is 5.73 Å². The molecule has 2 N–H and O–H groups in total. The van der Waals surface area contributed by atoms with Crippen molar-refractivity contribution in [1.29, 1.82) is 0 Å². The first-order chi connectivity index (χ1) is 10.3. The summed E-state index contributed by atoms with van der Waals surface area (Å²) in [5, 5.41) is 0. The first-order valence-corrected chi connectivity index (χ1v) is 8.36. The van der Waals surface area contributed by atoms with Crippen molar-refractivity contribution in [3.8, 4) is 0 Å². The van der Waals surface area contributed by atoms with Gasteiger partial charge in [-0.25, -0.2) is 0 Å². The monoisotopic (exact) mass is 286 g/mol. The molecule has 1 unspecified atom stereocenters. The topological polar surface area (TPSA) is 46.3 Å². The van der Waals surface area contributed by atoms with Crippen molar-refractivity contribution in [2.75, 3.05) is 13.1 Å². The molecule has 3 atom stereocenters. The Morgan fingerprint density at radius 3 is 2.62 bits per heavy atom. The summed E-state index contributed by atoms with van der Waals surface area (Å²) in [5.41, 5.74) is 6.99. The number of rotatable bonds is 3. The van der Waals surface area contributed by atoms with Gasteiger partial charge in [-0.1, -0.05) is 43.2 Å². The van der Waals surface area contributed by atoms with Crippen molar-refractivity contribution in [3.05, 3.63) is 35.9 Å². The van der Waals surface area contributed by atoms with E-state index in [1.807, 2.05) is 30.3 Å². The highest BCUT2D eigenvalue weighted by Crippen LogP contribution is 2.36. The van der Waals surface area contributed by atoms with Crippen LogP contribution in [0.15, 0.2) is 30.3 Å². The third-order valence-corrected chi connectivity index (χ3v) is 5.26. The normalized spacial score (nSPS) is 27.0. The van der Waals surface area contributed by atoms with Crippen LogP contribution in [0.5, 0.6) is 0 Å². The lowest BCUT2D eigenvalue weighted by atomic mass is 9.77. The van der Waals surface area contributed by atoms with Gasteiger partial charge >= 0.3 is 0 Å². The number of piperidine rings is 1. The molecule has 2 fully saturated rings. The van der Waals surface area contributed by atoms with Gasteiger partial charge in [-0.05, 0) is 37.2 Å². The maximum absolute atomic E-state index is 13.0. The molecule has 1 heterocycles. The largest absolute Gasteiger partial charge is 0.339 e. The number of hydrogen-bond donors (Lipinski definition) is 1. The average Bonchev–Trinajstić information content (AvgIpc) is 2.56. The summed E-state index contributed by atoms with van der Waals surface area (Å²) in [6.45, 7) is 1.32. The van der Waals surface area contributed by atoms with Gasteiger partial charge < -0.3 is 10.6 Å². The van der Waals surface area contributed by atoms with Gasteiger partial charge in [0.15, 0.2) is 0 Å². The number of nitrogens with zero attached hydrogens (tertiary/aromatic N) is 1. The second-order valence-corrected chi connectivity index (χ2v) is 6.48. The summed E-state index contributed by atoms with van der Waals surface area (Å²) in [6, 6.07) is 10.5. The summed E-state index contributed by atoms with van der Waals surface area (Å²) in [5.74, 6) is 0.804. The van der Waals surface area contributed by atoms with Crippen LogP contribution >= 0.6 is 0 Å². The van der Waals surface area contributed by atoms with E-state index in [4.69, 9.17) is 5.73 Å². The van der Waals surface area contributed by atoms with Gasteiger partial charge in [0, 0.05) is 19.1 Å². The Balaban J connectivity index is 1.79. The maximum atomic E-state index is 13.0. The zero-order valence-electron chi connectivity index (χ0n) is 12.7. The van der Waals surface area contributed by atoms with E-state index in [1.54, 1.807) is 0 Å². The van der Waals surface area contributed by atoms with Crippen LogP contribution in [0, 0.1) is 5.92 Å². The molecule has 1 amide bonds. The van der Waals surface area contributed by atoms with E-state index < -0.39 is 0 Å². The number of amides is 1. The van der Waals surface area contributed by atoms with E-state index in [0.717, 1.165) is 24.4 Å². The molecule has 0 spiro atoms. The third-order valence-electron chi connectivity index (χ3n) is 5.26. The zero-order chi connectivity index (χ0) is 14.7. The van der Waals surface area contributed by atoms with E-state index >= 15 is 0 Å². The highest BCUT2D eigenvalue weighted by molar-refractivity contribution is 5.84. The number of hydrogen-bond acceptors (Lipinski definition) is 2. The molecule has 1 aromatic rings. The zero-order valence-corrected chi connectivity index (χ0v) is 12.7. The smallest absolute Gasteiger partial charge is 0.231 e. The van der Waals surface area contributed by atoms with Crippen molar-refractivity contribution in [1.82, 2.24) is 4.90 Å². The summed E-state index contributed by atoms with van der Waals surface area (Å²) in [4.78, 5) is 15.2. The summed E-state index contributed by atoms with van der Waals surface area (Å²) < 4.78 is 0. The van der Waals surface area contributed by atoms with Crippen molar-refractivity contribution >= 4 is 5.91 Å². The molecule has 21 heavy (non-hydrogen) atoms. The minimum absolute atomic E-state index is 0.174. The molecular weight excluding hydrogens is 260 g/mol. The molecule has 2 aliphatic rings. The van der Waals surface area contributed by atoms with E-state index in [0.29, 0.717) is 12.6 Å². The Bertz CT molecular complexity index is 471. The molecule has 1 aromatic carbocycles. The van der Waals surface area contributed by atoms with Crippen molar-refractivity contribution in [2.45, 2.75) is 50.5 Å². The average molecular weight is 286 g/mol. The molecule has 3 heteroatoms. The fraction of sp³-hybridized carbons (Fsp3) is 0.611. The Hall–Kier alpha value is -1.35. The van der Waals surface area contributed by atoms with Crippen LogP contribution in [0.25, 0.3) is 0 Å². The van der Waals surface area contributed by atoms with Gasteiger partial charge in [0.2, 0.25) is 5.91 Å². The number of carbonyl (C=O) groups is 1. The SMILES string of the molecule is NCC(C(=O)N1CCC[C@H]2CCCC[C@H]21)c1ccccc1. The molecule has 3 nitrogen and oxygen atoms in total. The Kier molecular flexibility index (Phi) is 4.59. The van der Waals surface area contributed by atoms with E-state index in [-0.39, 0.29) is 11.8 Å². The Morgan fingerprint density at radius 1 is 1.14 bits per heavy atom. The van der Waals surface area contributed by atoms with Gasteiger partial charge in [-0.3, -0.25) is 4.79 Å². The van der Waals surface area contributed by atoms with Crippen molar-refractivity contribution in [2.24, 2.45) is 11.7 Å². The van der Waals surface area contributed by atoms with Gasteiger partial charge in [-0.15, -0.1) is 0 Å².